The van der Waals surface area contributed by atoms with E-state index in [1.807, 2.05) is 18.2 Å². The predicted molar refractivity (Wildman–Crippen MR) is 95.7 cm³/mol. The number of nitrogens with one attached hydrogen (secondary N) is 2. The highest BCUT2D eigenvalue weighted by Crippen LogP contribution is 2.31. The van der Waals surface area contributed by atoms with E-state index in [0.29, 0.717) is 12.1 Å². The van der Waals surface area contributed by atoms with E-state index in [1.54, 1.807) is 29.4 Å². The lowest BCUT2D eigenvalue weighted by Crippen LogP contribution is -2.35. The van der Waals surface area contributed by atoms with Gasteiger partial charge in [0.2, 0.25) is 5.91 Å². The molecule has 0 aliphatic carbocycles. The summed E-state index contributed by atoms with van der Waals surface area (Å²) < 4.78 is 0. The summed E-state index contributed by atoms with van der Waals surface area (Å²) in [7, 11) is 0. The number of aromatic nitrogens is 1. The standard InChI is InChI=1S/C19H20N4O2/c24-18(16-4-2-9-21-16)22-15-5-6-17-13(11-15)7-10-23(17)19(25)14-3-1-8-20-12-14/h1,3,5-6,8,11-12,16,21H,2,4,7,9-10H2,(H,22,24)/t16-/m1/s1. The Labute approximate surface area is 146 Å². The highest BCUT2D eigenvalue weighted by Gasteiger charge is 2.27. The monoisotopic (exact) mass is 336 g/mol. The molecule has 128 valence electrons. The fourth-order valence-electron chi connectivity index (χ4n) is 3.47. The molecule has 2 aromatic rings. The minimum atomic E-state index is -0.100. The van der Waals surface area contributed by atoms with Gasteiger partial charge in [-0.15, -0.1) is 0 Å². The second kappa shape index (κ2) is 6.64. The zero-order valence-electron chi connectivity index (χ0n) is 13.9. The van der Waals surface area contributed by atoms with E-state index in [1.165, 1.54) is 0 Å². The summed E-state index contributed by atoms with van der Waals surface area (Å²) in [6.45, 7) is 1.54. The van der Waals surface area contributed by atoms with Crippen LogP contribution in [0.3, 0.4) is 0 Å². The Bertz CT molecular complexity index is 800. The highest BCUT2D eigenvalue weighted by molar-refractivity contribution is 6.07. The number of rotatable bonds is 3. The maximum atomic E-state index is 12.7. The molecule has 1 atom stereocenters. The lowest BCUT2D eigenvalue weighted by atomic mass is 10.1. The molecule has 1 aromatic heterocycles. The first-order valence-electron chi connectivity index (χ1n) is 8.61. The molecule has 0 spiro atoms. The molecule has 6 nitrogen and oxygen atoms in total. The number of hydrogen-bond acceptors (Lipinski definition) is 4. The Kier molecular flexibility index (Phi) is 4.19. The van der Waals surface area contributed by atoms with Crippen LogP contribution in [0.2, 0.25) is 0 Å². The third kappa shape index (κ3) is 3.13. The maximum absolute atomic E-state index is 12.7. The van der Waals surface area contributed by atoms with Gasteiger partial charge in [-0.2, -0.15) is 0 Å². The smallest absolute Gasteiger partial charge is 0.259 e. The summed E-state index contributed by atoms with van der Waals surface area (Å²) in [6.07, 6.45) is 5.94. The van der Waals surface area contributed by atoms with Crippen molar-refractivity contribution in [2.24, 2.45) is 0 Å². The van der Waals surface area contributed by atoms with Gasteiger partial charge in [0.1, 0.15) is 0 Å². The van der Waals surface area contributed by atoms with E-state index in [4.69, 9.17) is 0 Å². The van der Waals surface area contributed by atoms with Crippen LogP contribution in [0, 0.1) is 0 Å². The second-order valence-electron chi connectivity index (χ2n) is 6.43. The van der Waals surface area contributed by atoms with Gasteiger partial charge >= 0.3 is 0 Å². The largest absolute Gasteiger partial charge is 0.325 e. The van der Waals surface area contributed by atoms with Crippen LogP contribution in [0.1, 0.15) is 28.8 Å². The Morgan fingerprint density at radius 3 is 2.96 bits per heavy atom. The van der Waals surface area contributed by atoms with Crippen LogP contribution in [-0.4, -0.2) is 35.9 Å². The van der Waals surface area contributed by atoms with Crippen LogP contribution in [0.4, 0.5) is 11.4 Å². The van der Waals surface area contributed by atoms with E-state index in [-0.39, 0.29) is 17.9 Å². The third-order valence-electron chi connectivity index (χ3n) is 4.77. The van der Waals surface area contributed by atoms with Crippen molar-refractivity contribution in [3.05, 3.63) is 53.9 Å². The summed E-state index contributed by atoms with van der Waals surface area (Å²) >= 11 is 0. The van der Waals surface area contributed by atoms with Crippen LogP contribution in [0.25, 0.3) is 0 Å². The van der Waals surface area contributed by atoms with E-state index in [2.05, 4.69) is 15.6 Å². The highest BCUT2D eigenvalue weighted by atomic mass is 16.2. The quantitative estimate of drug-likeness (QED) is 0.899. The van der Waals surface area contributed by atoms with E-state index >= 15 is 0 Å². The van der Waals surface area contributed by atoms with E-state index in [9.17, 15) is 9.59 Å². The van der Waals surface area contributed by atoms with E-state index in [0.717, 1.165) is 42.7 Å². The molecule has 0 bridgehead atoms. The molecule has 2 amide bonds. The average molecular weight is 336 g/mol. The molecule has 2 aliphatic heterocycles. The maximum Gasteiger partial charge on any atom is 0.259 e. The first-order chi connectivity index (χ1) is 12.2. The van der Waals surface area contributed by atoms with Crippen LogP contribution in [0.15, 0.2) is 42.7 Å². The third-order valence-corrected chi connectivity index (χ3v) is 4.77. The summed E-state index contributed by atoms with van der Waals surface area (Å²) in [5.74, 6) is -0.0301. The lowest BCUT2D eigenvalue weighted by Gasteiger charge is -2.18. The number of fused-ring (bicyclic) bond motifs is 1. The molecule has 1 aromatic carbocycles. The fourth-order valence-corrected chi connectivity index (χ4v) is 3.47. The molecule has 1 saturated heterocycles. The topological polar surface area (TPSA) is 74.3 Å². The van der Waals surface area contributed by atoms with Gasteiger partial charge in [0, 0.05) is 30.3 Å². The van der Waals surface area contributed by atoms with Gasteiger partial charge in [-0.05, 0) is 61.7 Å². The van der Waals surface area contributed by atoms with Gasteiger partial charge in [0.15, 0.2) is 0 Å². The molecular weight excluding hydrogens is 316 g/mol. The number of amides is 2. The minimum Gasteiger partial charge on any atom is -0.325 e. The Hall–Kier alpha value is -2.73. The van der Waals surface area contributed by atoms with Gasteiger partial charge in [-0.1, -0.05) is 0 Å². The number of nitrogens with zero attached hydrogens (tertiary/aromatic N) is 2. The molecule has 2 N–H and O–H groups in total. The average Bonchev–Trinajstić information content (AvgIpc) is 3.31. The number of benzene rings is 1. The first kappa shape index (κ1) is 15.8. The van der Waals surface area contributed by atoms with Crippen molar-refractivity contribution in [1.29, 1.82) is 0 Å². The van der Waals surface area contributed by atoms with Crippen LogP contribution in [-0.2, 0) is 11.2 Å². The minimum absolute atomic E-state index is 0.0127. The molecule has 0 saturated carbocycles. The van der Waals surface area contributed by atoms with Crippen molar-refractivity contribution in [2.75, 3.05) is 23.3 Å². The van der Waals surface area contributed by atoms with Crippen molar-refractivity contribution >= 4 is 23.2 Å². The van der Waals surface area contributed by atoms with Crippen LogP contribution >= 0.6 is 0 Å². The van der Waals surface area contributed by atoms with Crippen molar-refractivity contribution in [2.45, 2.75) is 25.3 Å². The Morgan fingerprint density at radius 1 is 1.28 bits per heavy atom. The summed E-state index contributed by atoms with van der Waals surface area (Å²) in [5.41, 5.74) is 3.36. The van der Waals surface area contributed by atoms with Crippen LogP contribution in [0.5, 0.6) is 0 Å². The zero-order chi connectivity index (χ0) is 17.2. The summed E-state index contributed by atoms with van der Waals surface area (Å²) in [6, 6.07) is 9.18. The van der Waals surface area contributed by atoms with Crippen molar-refractivity contribution in [1.82, 2.24) is 10.3 Å². The lowest BCUT2D eigenvalue weighted by molar-refractivity contribution is -0.117. The Morgan fingerprint density at radius 2 is 2.20 bits per heavy atom. The summed E-state index contributed by atoms with van der Waals surface area (Å²) in [5, 5.41) is 6.17. The molecule has 2 aliphatic rings. The van der Waals surface area contributed by atoms with Crippen molar-refractivity contribution in [3.8, 4) is 0 Å². The molecule has 25 heavy (non-hydrogen) atoms. The summed E-state index contributed by atoms with van der Waals surface area (Å²) in [4.78, 5) is 30.7. The normalized spacial score (nSPS) is 18.9. The first-order valence-corrected chi connectivity index (χ1v) is 8.61. The number of carbonyl (C=O) groups excluding carboxylic acids is 2. The van der Waals surface area contributed by atoms with Gasteiger partial charge in [0.05, 0.1) is 11.6 Å². The second-order valence-corrected chi connectivity index (χ2v) is 6.43. The molecule has 1 fully saturated rings. The van der Waals surface area contributed by atoms with Gasteiger partial charge < -0.3 is 15.5 Å². The van der Waals surface area contributed by atoms with E-state index < -0.39 is 0 Å². The molecular formula is C19H20N4O2. The van der Waals surface area contributed by atoms with Gasteiger partial charge in [0.25, 0.3) is 5.91 Å². The SMILES string of the molecule is O=C(Nc1ccc2c(c1)CCN2C(=O)c1cccnc1)[C@H]1CCCN1. The number of carbonyl (C=O) groups is 2. The Balaban J connectivity index is 1.50. The molecule has 3 heterocycles. The number of pyridine rings is 1. The zero-order valence-corrected chi connectivity index (χ0v) is 13.9. The molecule has 0 unspecified atom stereocenters. The van der Waals surface area contributed by atoms with Crippen molar-refractivity contribution in [3.63, 3.8) is 0 Å². The van der Waals surface area contributed by atoms with Gasteiger partial charge in [-0.3, -0.25) is 14.6 Å². The number of hydrogen-bond donors (Lipinski definition) is 2. The molecule has 4 rings (SSSR count). The fraction of sp³-hybridized carbons (Fsp3) is 0.316. The predicted octanol–water partition coefficient (Wildman–Crippen LogP) is 1.97. The van der Waals surface area contributed by atoms with Crippen LogP contribution < -0.4 is 15.5 Å². The van der Waals surface area contributed by atoms with Gasteiger partial charge in [-0.25, -0.2) is 0 Å². The molecule has 0 radical (unpaired) electrons. The number of anilines is 2. The van der Waals surface area contributed by atoms with Crippen molar-refractivity contribution < 1.29 is 9.59 Å². The molecule has 6 heteroatoms.